The molecule has 0 radical (unpaired) electrons. The molecular weight excluding hydrogens is 520 g/mol. The molecule has 1 saturated heterocycles. The van der Waals surface area contributed by atoms with Crippen molar-refractivity contribution in [2.75, 3.05) is 6.54 Å². The molecule has 0 aromatic heterocycles. The molecule has 1 aliphatic heterocycles. The highest BCUT2D eigenvalue weighted by molar-refractivity contribution is 8.18. The molecule has 1 amide bonds. The zero-order chi connectivity index (χ0) is 29.3. The molecule has 3 rings (SSSR count). The third-order valence-corrected chi connectivity index (χ3v) is 9.28. The third-order valence-electron chi connectivity index (χ3n) is 8.27. The Bertz CT molecular complexity index is 1110. The molecule has 0 aliphatic carbocycles. The Labute approximate surface area is 255 Å². The summed E-state index contributed by atoms with van der Waals surface area (Å²) in [5.41, 5.74) is 5.83. The van der Waals surface area contributed by atoms with Gasteiger partial charge in [0, 0.05) is 6.54 Å². The summed E-state index contributed by atoms with van der Waals surface area (Å²) >= 11 is 1.54. The van der Waals surface area contributed by atoms with Crippen molar-refractivity contribution < 1.29 is 4.79 Å². The first kappa shape index (κ1) is 33.2. The van der Waals surface area contributed by atoms with Crippen LogP contribution < -0.4 is 0 Å². The number of rotatable bonds is 19. The molecule has 41 heavy (non-hydrogen) atoms. The van der Waals surface area contributed by atoms with Gasteiger partial charge >= 0.3 is 0 Å². The van der Waals surface area contributed by atoms with Gasteiger partial charge in [0.1, 0.15) is 0 Å². The highest BCUT2D eigenvalue weighted by atomic mass is 32.2. The molecule has 1 heterocycles. The number of hydrogen-bond acceptors (Lipinski definition) is 3. The Morgan fingerprint density at radius 2 is 1.24 bits per heavy atom. The maximum Gasteiger partial charge on any atom is 0.266 e. The molecule has 0 unspecified atom stereocenters. The van der Waals surface area contributed by atoms with Crippen molar-refractivity contribution in [3.05, 3.63) is 69.6 Å². The molecule has 4 heteroatoms. The molecule has 2 aromatic rings. The lowest BCUT2D eigenvalue weighted by Crippen LogP contribution is -2.30. The van der Waals surface area contributed by atoms with Gasteiger partial charge in [0.25, 0.3) is 5.91 Å². The van der Waals surface area contributed by atoms with Crippen molar-refractivity contribution in [3.63, 3.8) is 0 Å². The second-order valence-electron chi connectivity index (χ2n) is 11.5. The first-order valence-corrected chi connectivity index (χ1v) is 17.4. The summed E-state index contributed by atoms with van der Waals surface area (Å²) in [5.74, 6) is 0.0960. The van der Waals surface area contributed by atoms with Gasteiger partial charge in [-0.05, 0) is 66.3 Å². The lowest BCUT2D eigenvalue weighted by Gasteiger charge is -2.17. The van der Waals surface area contributed by atoms with Gasteiger partial charge in [0.05, 0.1) is 10.6 Å². The summed E-state index contributed by atoms with van der Waals surface area (Å²) in [6, 6.07) is 14.7. The van der Waals surface area contributed by atoms with Crippen LogP contribution in [0.2, 0.25) is 0 Å². The molecular formula is C37H54N2OS. The quantitative estimate of drug-likeness (QED) is 0.123. The number of benzene rings is 2. The van der Waals surface area contributed by atoms with Gasteiger partial charge in [0.2, 0.25) is 0 Å². The van der Waals surface area contributed by atoms with Crippen LogP contribution in [-0.2, 0) is 17.6 Å². The molecule has 1 aliphatic rings. The maximum absolute atomic E-state index is 13.7. The summed E-state index contributed by atoms with van der Waals surface area (Å²) < 4.78 is 0. The van der Waals surface area contributed by atoms with E-state index in [1.807, 2.05) is 17.0 Å². The van der Waals surface area contributed by atoms with E-state index in [0.29, 0.717) is 0 Å². The number of carbonyl (C=O) groups is 1. The third kappa shape index (κ3) is 10.8. The number of amidine groups is 1. The number of para-hydroxylation sites is 1. The van der Waals surface area contributed by atoms with Crippen LogP contribution in [0.5, 0.6) is 0 Å². The molecule has 0 saturated carbocycles. The van der Waals surface area contributed by atoms with Crippen molar-refractivity contribution in [1.82, 2.24) is 4.90 Å². The number of hydrogen-bond donors (Lipinski definition) is 0. The van der Waals surface area contributed by atoms with Crippen molar-refractivity contribution in [3.8, 4) is 0 Å². The molecule has 1 fully saturated rings. The predicted octanol–water partition coefficient (Wildman–Crippen LogP) is 11.2. The second kappa shape index (κ2) is 19.0. The Kier molecular flexibility index (Phi) is 15.4. The van der Waals surface area contributed by atoms with Crippen molar-refractivity contribution in [2.45, 2.75) is 130 Å². The molecule has 0 N–H and O–H groups in total. The number of nitrogens with zero attached hydrogens (tertiary/aromatic N) is 2. The Hall–Kier alpha value is -2.33. The standard InChI is InChI=1S/C37H54N2OS/c1-5-8-9-10-11-12-13-14-15-16-17-18-19-22-28-39-36(40)34(29-33-25-21-20-24-30(33)4)41-37(39)38-35-31(6-2)26-23-27-32(35)7-3/h20-21,23-27,29H,5-19,22,28H2,1-4H3. The van der Waals surface area contributed by atoms with E-state index in [2.05, 4.69) is 64.1 Å². The van der Waals surface area contributed by atoms with E-state index in [1.165, 1.54) is 112 Å². The molecule has 3 nitrogen and oxygen atoms in total. The zero-order valence-corrected chi connectivity index (χ0v) is 27.2. The smallest absolute Gasteiger partial charge is 0.266 e. The van der Waals surface area contributed by atoms with Crippen LogP contribution in [0.25, 0.3) is 6.08 Å². The number of carbonyl (C=O) groups excluding carboxylic acids is 1. The van der Waals surface area contributed by atoms with E-state index in [1.54, 1.807) is 0 Å². The van der Waals surface area contributed by atoms with Crippen LogP contribution in [0, 0.1) is 6.92 Å². The summed E-state index contributed by atoms with van der Waals surface area (Å²) in [6.45, 7) is 9.49. The van der Waals surface area contributed by atoms with Gasteiger partial charge in [0.15, 0.2) is 5.17 Å². The van der Waals surface area contributed by atoms with E-state index < -0.39 is 0 Å². The Morgan fingerprint density at radius 1 is 0.707 bits per heavy atom. The van der Waals surface area contributed by atoms with Crippen LogP contribution in [-0.4, -0.2) is 22.5 Å². The predicted molar refractivity (Wildman–Crippen MR) is 181 cm³/mol. The first-order valence-electron chi connectivity index (χ1n) is 16.6. The largest absolute Gasteiger partial charge is 0.286 e. The number of thioether (sulfide) groups is 1. The SMILES string of the molecule is CCCCCCCCCCCCCCCCN1C(=O)C(=Cc2ccccc2C)SC1=Nc1c(CC)cccc1CC. The molecule has 0 spiro atoms. The number of aliphatic imine (C=N–C) groups is 1. The minimum atomic E-state index is 0.0960. The van der Waals surface area contributed by atoms with Crippen LogP contribution >= 0.6 is 11.8 Å². The molecule has 0 atom stereocenters. The Morgan fingerprint density at radius 3 is 1.78 bits per heavy atom. The van der Waals surface area contributed by atoms with E-state index in [-0.39, 0.29) is 5.91 Å². The van der Waals surface area contributed by atoms with E-state index in [0.717, 1.165) is 47.1 Å². The fourth-order valence-corrected chi connectivity index (χ4v) is 6.60. The monoisotopic (exact) mass is 574 g/mol. The van der Waals surface area contributed by atoms with E-state index in [4.69, 9.17) is 4.99 Å². The first-order chi connectivity index (χ1) is 20.1. The van der Waals surface area contributed by atoms with Gasteiger partial charge in [-0.3, -0.25) is 9.69 Å². The van der Waals surface area contributed by atoms with Crippen LogP contribution in [0.4, 0.5) is 5.69 Å². The van der Waals surface area contributed by atoms with E-state index >= 15 is 0 Å². The average Bonchev–Trinajstić information content (AvgIpc) is 3.27. The van der Waals surface area contributed by atoms with Gasteiger partial charge < -0.3 is 0 Å². The summed E-state index contributed by atoms with van der Waals surface area (Å²) in [6.07, 6.45) is 22.6. The fraction of sp³-hybridized carbons (Fsp3) is 0.568. The fourth-order valence-electron chi connectivity index (χ4n) is 5.60. The van der Waals surface area contributed by atoms with Crippen LogP contribution in [0.15, 0.2) is 52.4 Å². The molecule has 2 aromatic carbocycles. The average molecular weight is 575 g/mol. The number of aryl methyl sites for hydroxylation is 3. The highest BCUT2D eigenvalue weighted by Gasteiger charge is 2.33. The van der Waals surface area contributed by atoms with Gasteiger partial charge in [-0.2, -0.15) is 0 Å². The lowest BCUT2D eigenvalue weighted by atomic mass is 10.0. The summed E-state index contributed by atoms with van der Waals surface area (Å²) in [4.78, 5) is 21.5. The van der Waals surface area contributed by atoms with Crippen molar-refractivity contribution in [2.24, 2.45) is 4.99 Å². The normalized spacial score (nSPS) is 15.5. The van der Waals surface area contributed by atoms with Crippen molar-refractivity contribution in [1.29, 1.82) is 0 Å². The van der Waals surface area contributed by atoms with Crippen LogP contribution in [0.1, 0.15) is 133 Å². The minimum Gasteiger partial charge on any atom is -0.286 e. The zero-order valence-electron chi connectivity index (χ0n) is 26.4. The van der Waals surface area contributed by atoms with Gasteiger partial charge in [-0.15, -0.1) is 0 Å². The van der Waals surface area contributed by atoms with Gasteiger partial charge in [-0.25, -0.2) is 4.99 Å². The molecule has 0 bridgehead atoms. The summed E-state index contributed by atoms with van der Waals surface area (Å²) in [7, 11) is 0. The second-order valence-corrected chi connectivity index (χ2v) is 12.6. The van der Waals surface area contributed by atoms with Gasteiger partial charge in [-0.1, -0.05) is 147 Å². The Balaban J connectivity index is 1.55. The summed E-state index contributed by atoms with van der Waals surface area (Å²) in [5, 5.41) is 0.833. The van der Waals surface area contributed by atoms with Crippen LogP contribution in [0.3, 0.4) is 0 Å². The molecule has 224 valence electrons. The highest BCUT2D eigenvalue weighted by Crippen LogP contribution is 2.36. The van der Waals surface area contributed by atoms with E-state index in [9.17, 15) is 4.79 Å². The number of unbranched alkanes of at least 4 members (excludes halogenated alkanes) is 13. The van der Waals surface area contributed by atoms with Crippen molar-refractivity contribution >= 4 is 34.6 Å². The maximum atomic E-state index is 13.7. The lowest BCUT2D eigenvalue weighted by molar-refractivity contribution is -0.122. The number of amides is 1. The minimum absolute atomic E-state index is 0.0960. The topological polar surface area (TPSA) is 32.7 Å².